The first-order valence-electron chi connectivity index (χ1n) is 5.29. The molecule has 3 nitrogen and oxygen atoms in total. The normalized spacial score (nSPS) is 17.9. The summed E-state index contributed by atoms with van der Waals surface area (Å²) in [5.41, 5.74) is 7.10. The van der Waals surface area contributed by atoms with Crippen molar-refractivity contribution < 1.29 is 9.47 Å². The molecule has 0 unspecified atom stereocenters. The zero-order valence-electron chi connectivity index (χ0n) is 9.33. The minimum absolute atomic E-state index is 0.105. The van der Waals surface area contributed by atoms with Gasteiger partial charge in [0, 0.05) is 16.4 Å². The molecular formula is C12H16BrNO2. The van der Waals surface area contributed by atoms with Crippen molar-refractivity contribution in [1.82, 2.24) is 0 Å². The maximum Gasteiger partial charge on any atom is 0.122 e. The molecule has 1 aliphatic rings. The number of ether oxygens (including phenoxy) is 2. The van der Waals surface area contributed by atoms with Crippen LogP contribution in [-0.4, -0.2) is 26.9 Å². The van der Waals surface area contributed by atoms with Crippen LogP contribution in [0, 0.1) is 5.41 Å². The maximum atomic E-state index is 5.81. The first kappa shape index (κ1) is 11.9. The summed E-state index contributed by atoms with van der Waals surface area (Å²) in [7, 11) is 1.69. The topological polar surface area (TPSA) is 44.5 Å². The first-order valence-corrected chi connectivity index (χ1v) is 6.09. The van der Waals surface area contributed by atoms with Crippen molar-refractivity contribution in [3.8, 4) is 5.75 Å². The highest BCUT2D eigenvalue weighted by molar-refractivity contribution is 9.10. The van der Waals surface area contributed by atoms with Gasteiger partial charge in [0.25, 0.3) is 0 Å². The Bertz CT molecular complexity index is 372. The zero-order valence-corrected chi connectivity index (χ0v) is 10.9. The quantitative estimate of drug-likeness (QED) is 0.920. The van der Waals surface area contributed by atoms with Crippen molar-refractivity contribution in [1.29, 1.82) is 0 Å². The van der Waals surface area contributed by atoms with Crippen LogP contribution in [0.4, 0.5) is 0 Å². The molecule has 2 rings (SSSR count). The second-order valence-corrected chi connectivity index (χ2v) is 5.25. The third-order valence-corrected chi connectivity index (χ3v) is 3.55. The van der Waals surface area contributed by atoms with E-state index in [4.69, 9.17) is 15.2 Å². The molecule has 0 spiro atoms. The summed E-state index contributed by atoms with van der Waals surface area (Å²) < 4.78 is 11.7. The van der Waals surface area contributed by atoms with E-state index in [0.29, 0.717) is 6.54 Å². The molecule has 0 aliphatic carbocycles. The standard InChI is InChI=1S/C12H16BrNO2/c1-15-11-3-2-10(13)4-9(11)5-12(6-14)7-16-8-12/h2-4H,5-8,14H2,1H3. The van der Waals surface area contributed by atoms with Gasteiger partial charge >= 0.3 is 0 Å². The zero-order chi connectivity index (χ0) is 11.6. The number of rotatable bonds is 4. The number of hydrogen-bond acceptors (Lipinski definition) is 3. The molecular weight excluding hydrogens is 270 g/mol. The Balaban J connectivity index is 2.22. The minimum atomic E-state index is 0.105. The van der Waals surface area contributed by atoms with Crippen LogP contribution in [0.1, 0.15) is 5.56 Å². The molecule has 4 heteroatoms. The lowest BCUT2D eigenvalue weighted by Crippen LogP contribution is -2.49. The Morgan fingerprint density at radius 2 is 2.25 bits per heavy atom. The SMILES string of the molecule is COc1ccc(Br)cc1CC1(CN)COC1. The van der Waals surface area contributed by atoms with Gasteiger partial charge in [-0.1, -0.05) is 15.9 Å². The van der Waals surface area contributed by atoms with E-state index in [-0.39, 0.29) is 5.41 Å². The van der Waals surface area contributed by atoms with Gasteiger partial charge in [0.2, 0.25) is 0 Å². The fraction of sp³-hybridized carbons (Fsp3) is 0.500. The lowest BCUT2D eigenvalue weighted by atomic mass is 9.80. The fourth-order valence-electron chi connectivity index (χ4n) is 1.97. The highest BCUT2D eigenvalue weighted by atomic mass is 79.9. The van der Waals surface area contributed by atoms with Gasteiger partial charge in [0.15, 0.2) is 0 Å². The maximum absolute atomic E-state index is 5.81. The second kappa shape index (κ2) is 4.73. The number of benzene rings is 1. The summed E-state index contributed by atoms with van der Waals surface area (Å²) in [6.45, 7) is 2.15. The van der Waals surface area contributed by atoms with E-state index in [1.165, 1.54) is 5.56 Å². The smallest absolute Gasteiger partial charge is 0.122 e. The van der Waals surface area contributed by atoms with Gasteiger partial charge in [-0.05, 0) is 30.2 Å². The molecule has 1 fully saturated rings. The molecule has 1 saturated heterocycles. The van der Waals surface area contributed by atoms with Gasteiger partial charge in [-0.2, -0.15) is 0 Å². The molecule has 16 heavy (non-hydrogen) atoms. The lowest BCUT2D eigenvalue weighted by molar-refractivity contribution is -0.106. The van der Waals surface area contributed by atoms with Crippen molar-refractivity contribution >= 4 is 15.9 Å². The molecule has 2 N–H and O–H groups in total. The van der Waals surface area contributed by atoms with Gasteiger partial charge in [-0.25, -0.2) is 0 Å². The molecule has 0 amide bonds. The first-order chi connectivity index (χ1) is 7.69. The third kappa shape index (κ3) is 2.24. The molecule has 0 radical (unpaired) electrons. The summed E-state index contributed by atoms with van der Waals surface area (Å²) in [5.74, 6) is 0.919. The van der Waals surface area contributed by atoms with Crippen molar-refractivity contribution in [2.24, 2.45) is 11.1 Å². The highest BCUT2D eigenvalue weighted by Gasteiger charge is 2.37. The van der Waals surface area contributed by atoms with Crippen LogP contribution in [0.15, 0.2) is 22.7 Å². The minimum Gasteiger partial charge on any atom is -0.496 e. The van der Waals surface area contributed by atoms with E-state index in [0.717, 1.165) is 29.9 Å². The van der Waals surface area contributed by atoms with Crippen molar-refractivity contribution in [2.75, 3.05) is 26.9 Å². The monoisotopic (exact) mass is 285 g/mol. The highest BCUT2D eigenvalue weighted by Crippen LogP contribution is 2.34. The molecule has 0 saturated carbocycles. The third-order valence-electron chi connectivity index (χ3n) is 3.06. The summed E-state index contributed by atoms with van der Waals surface area (Å²) in [6, 6.07) is 6.05. The largest absolute Gasteiger partial charge is 0.496 e. The van der Waals surface area contributed by atoms with Crippen LogP contribution in [-0.2, 0) is 11.2 Å². The van der Waals surface area contributed by atoms with Crippen LogP contribution in [0.25, 0.3) is 0 Å². The van der Waals surface area contributed by atoms with Crippen molar-refractivity contribution in [2.45, 2.75) is 6.42 Å². The van der Waals surface area contributed by atoms with E-state index < -0.39 is 0 Å². The average Bonchev–Trinajstić information content (AvgIpc) is 2.24. The molecule has 1 heterocycles. The predicted octanol–water partition coefficient (Wildman–Crippen LogP) is 1.98. The van der Waals surface area contributed by atoms with E-state index in [1.54, 1.807) is 7.11 Å². The molecule has 1 aliphatic heterocycles. The predicted molar refractivity (Wildman–Crippen MR) is 66.7 cm³/mol. The lowest BCUT2D eigenvalue weighted by Gasteiger charge is -2.40. The van der Waals surface area contributed by atoms with Crippen LogP contribution in [0.5, 0.6) is 5.75 Å². The summed E-state index contributed by atoms with van der Waals surface area (Å²) in [4.78, 5) is 0. The van der Waals surface area contributed by atoms with Gasteiger partial charge in [0.05, 0.1) is 20.3 Å². The summed E-state index contributed by atoms with van der Waals surface area (Å²) in [5, 5.41) is 0. The number of methoxy groups -OCH3 is 1. The van der Waals surface area contributed by atoms with Gasteiger partial charge in [-0.3, -0.25) is 0 Å². The van der Waals surface area contributed by atoms with Gasteiger partial charge in [0.1, 0.15) is 5.75 Å². The van der Waals surface area contributed by atoms with E-state index >= 15 is 0 Å². The second-order valence-electron chi connectivity index (χ2n) is 4.33. The van der Waals surface area contributed by atoms with Gasteiger partial charge < -0.3 is 15.2 Å². The number of nitrogens with two attached hydrogens (primary N) is 1. The summed E-state index contributed by atoms with van der Waals surface area (Å²) >= 11 is 3.48. The van der Waals surface area contributed by atoms with Crippen LogP contribution < -0.4 is 10.5 Å². The van der Waals surface area contributed by atoms with Crippen LogP contribution in [0.3, 0.4) is 0 Å². The average molecular weight is 286 g/mol. The Kier molecular flexibility index (Phi) is 3.52. The van der Waals surface area contributed by atoms with Crippen LogP contribution in [0.2, 0.25) is 0 Å². The Labute approximate surface area is 104 Å². The molecule has 1 aromatic rings. The van der Waals surface area contributed by atoms with Crippen LogP contribution >= 0.6 is 15.9 Å². The number of halogens is 1. The van der Waals surface area contributed by atoms with E-state index in [1.807, 2.05) is 12.1 Å². The Morgan fingerprint density at radius 3 is 2.75 bits per heavy atom. The molecule has 88 valence electrons. The summed E-state index contributed by atoms with van der Waals surface area (Å²) in [6.07, 6.45) is 0.909. The van der Waals surface area contributed by atoms with E-state index in [9.17, 15) is 0 Å². The molecule has 1 aromatic carbocycles. The van der Waals surface area contributed by atoms with Crippen molar-refractivity contribution in [3.05, 3.63) is 28.2 Å². The Morgan fingerprint density at radius 1 is 1.50 bits per heavy atom. The molecule has 0 aromatic heterocycles. The van der Waals surface area contributed by atoms with Crippen molar-refractivity contribution in [3.63, 3.8) is 0 Å². The number of hydrogen-bond donors (Lipinski definition) is 1. The Hall–Kier alpha value is -0.580. The van der Waals surface area contributed by atoms with E-state index in [2.05, 4.69) is 22.0 Å². The fourth-order valence-corrected chi connectivity index (χ4v) is 2.38. The van der Waals surface area contributed by atoms with Gasteiger partial charge in [-0.15, -0.1) is 0 Å². The molecule has 0 bridgehead atoms. The molecule has 0 atom stereocenters.